The Morgan fingerprint density at radius 3 is 3.00 bits per heavy atom. The molecule has 0 unspecified atom stereocenters. The fraction of sp³-hybridized carbons (Fsp3) is 0.545. The minimum absolute atomic E-state index is 0.125. The number of aliphatic hydroxyl groups excluding tert-OH is 1. The number of ether oxygens (including phenoxy) is 1. The number of carbonyl (C=O) groups is 1. The lowest BCUT2D eigenvalue weighted by atomic mass is 10.1. The van der Waals surface area contributed by atoms with Crippen LogP contribution >= 0.6 is 0 Å². The van der Waals surface area contributed by atoms with Gasteiger partial charge in [-0.1, -0.05) is 0 Å². The van der Waals surface area contributed by atoms with Crippen LogP contribution in [-0.2, 0) is 9.53 Å². The van der Waals surface area contributed by atoms with E-state index in [1.165, 1.54) is 12.5 Å². The SMILES string of the molecule is C/C(=C\CO)C(=O)OC1=CCCCC1. The van der Waals surface area contributed by atoms with Crippen molar-refractivity contribution < 1.29 is 14.6 Å². The van der Waals surface area contributed by atoms with E-state index in [0.717, 1.165) is 25.0 Å². The highest BCUT2D eigenvalue weighted by atomic mass is 16.5. The Hall–Kier alpha value is -1.09. The molecule has 0 aromatic carbocycles. The molecule has 0 aromatic rings. The quantitative estimate of drug-likeness (QED) is 0.554. The minimum Gasteiger partial charge on any atom is -0.428 e. The third-order valence-electron chi connectivity index (χ3n) is 2.19. The predicted molar refractivity (Wildman–Crippen MR) is 53.5 cm³/mol. The molecule has 0 amide bonds. The van der Waals surface area contributed by atoms with Crippen molar-refractivity contribution in [2.24, 2.45) is 0 Å². The second-order valence-corrected chi connectivity index (χ2v) is 3.38. The minimum atomic E-state index is -0.354. The average Bonchev–Trinajstić information content (AvgIpc) is 2.19. The maximum absolute atomic E-state index is 11.4. The van der Waals surface area contributed by atoms with E-state index in [2.05, 4.69) is 0 Å². The van der Waals surface area contributed by atoms with Gasteiger partial charge in [-0.2, -0.15) is 0 Å². The molecule has 1 N–H and O–H groups in total. The van der Waals surface area contributed by atoms with Gasteiger partial charge in [0.15, 0.2) is 0 Å². The van der Waals surface area contributed by atoms with Crippen molar-refractivity contribution >= 4 is 5.97 Å². The molecule has 78 valence electrons. The van der Waals surface area contributed by atoms with Crippen LogP contribution in [0.15, 0.2) is 23.5 Å². The molecular weight excluding hydrogens is 180 g/mol. The molecule has 0 saturated carbocycles. The maximum Gasteiger partial charge on any atom is 0.338 e. The van der Waals surface area contributed by atoms with Gasteiger partial charge in [-0.15, -0.1) is 0 Å². The second-order valence-electron chi connectivity index (χ2n) is 3.38. The summed E-state index contributed by atoms with van der Waals surface area (Å²) in [5, 5.41) is 8.59. The number of carbonyl (C=O) groups excluding carboxylic acids is 1. The second kappa shape index (κ2) is 5.60. The zero-order valence-electron chi connectivity index (χ0n) is 8.45. The molecule has 1 rings (SSSR count). The Morgan fingerprint density at radius 2 is 2.43 bits per heavy atom. The summed E-state index contributed by atoms with van der Waals surface area (Å²) >= 11 is 0. The van der Waals surface area contributed by atoms with Crippen LogP contribution < -0.4 is 0 Å². The Bertz CT molecular complexity index is 264. The molecule has 1 aliphatic carbocycles. The van der Waals surface area contributed by atoms with Crippen LogP contribution in [-0.4, -0.2) is 17.7 Å². The van der Waals surface area contributed by atoms with Gasteiger partial charge in [0.25, 0.3) is 0 Å². The van der Waals surface area contributed by atoms with Crippen molar-refractivity contribution in [2.45, 2.75) is 32.6 Å². The Kier molecular flexibility index (Phi) is 4.40. The van der Waals surface area contributed by atoms with Gasteiger partial charge in [0, 0.05) is 12.0 Å². The van der Waals surface area contributed by atoms with Gasteiger partial charge in [0.05, 0.1) is 6.61 Å². The van der Waals surface area contributed by atoms with Gasteiger partial charge in [-0.3, -0.25) is 0 Å². The number of hydrogen-bond donors (Lipinski definition) is 1. The third-order valence-corrected chi connectivity index (χ3v) is 2.19. The van der Waals surface area contributed by atoms with Gasteiger partial charge in [0.2, 0.25) is 0 Å². The van der Waals surface area contributed by atoms with E-state index in [0.29, 0.717) is 5.57 Å². The first-order chi connectivity index (χ1) is 6.74. The lowest BCUT2D eigenvalue weighted by Crippen LogP contribution is -2.08. The van der Waals surface area contributed by atoms with E-state index in [1.54, 1.807) is 6.92 Å². The molecule has 0 aliphatic heterocycles. The first-order valence-corrected chi connectivity index (χ1v) is 4.93. The Labute approximate surface area is 84.1 Å². The normalized spacial score (nSPS) is 17.6. The van der Waals surface area contributed by atoms with Crippen molar-refractivity contribution in [3.8, 4) is 0 Å². The van der Waals surface area contributed by atoms with Gasteiger partial charge in [0.1, 0.15) is 5.76 Å². The molecule has 1 aliphatic rings. The van der Waals surface area contributed by atoms with Crippen LogP contribution in [0.4, 0.5) is 0 Å². The first-order valence-electron chi connectivity index (χ1n) is 4.93. The molecule has 0 fully saturated rings. The zero-order valence-corrected chi connectivity index (χ0v) is 8.45. The standard InChI is InChI=1S/C11H16O3/c1-9(7-8-12)11(13)14-10-5-3-2-4-6-10/h5,7,12H,2-4,6,8H2,1H3/b9-7+. The predicted octanol–water partition coefficient (Wildman–Crippen LogP) is 1.93. The fourth-order valence-corrected chi connectivity index (χ4v) is 1.32. The molecule has 0 atom stereocenters. The van der Waals surface area contributed by atoms with E-state index in [1.807, 2.05) is 6.08 Å². The van der Waals surface area contributed by atoms with Crippen molar-refractivity contribution in [1.82, 2.24) is 0 Å². The molecule has 3 heteroatoms. The highest BCUT2D eigenvalue weighted by Crippen LogP contribution is 2.19. The molecule has 0 spiro atoms. The van der Waals surface area contributed by atoms with Crippen LogP contribution in [0.2, 0.25) is 0 Å². The molecule has 0 heterocycles. The van der Waals surface area contributed by atoms with E-state index < -0.39 is 0 Å². The summed E-state index contributed by atoms with van der Waals surface area (Å²) in [5.74, 6) is 0.416. The highest BCUT2D eigenvalue weighted by molar-refractivity contribution is 5.88. The lowest BCUT2D eigenvalue weighted by Gasteiger charge is -2.12. The van der Waals surface area contributed by atoms with Crippen LogP contribution in [0, 0.1) is 0 Å². The number of allylic oxidation sites excluding steroid dienone is 2. The fourth-order valence-electron chi connectivity index (χ4n) is 1.32. The highest BCUT2D eigenvalue weighted by Gasteiger charge is 2.11. The van der Waals surface area contributed by atoms with Gasteiger partial charge in [-0.25, -0.2) is 4.79 Å². The summed E-state index contributed by atoms with van der Waals surface area (Å²) in [6, 6.07) is 0. The molecule has 0 saturated heterocycles. The van der Waals surface area contributed by atoms with Gasteiger partial charge < -0.3 is 9.84 Å². The molecule has 0 radical (unpaired) electrons. The van der Waals surface area contributed by atoms with Crippen molar-refractivity contribution in [1.29, 1.82) is 0 Å². The van der Waals surface area contributed by atoms with Crippen LogP contribution in [0.5, 0.6) is 0 Å². The molecular formula is C11H16O3. The van der Waals surface area contributed by atoms with Gasteiger partial charge in [-0.05, 0) is 38.3 Å². The van der Waals surface area contributed by atoms with Crippen molar-refractivity contribution in [2.75, 3.05) is 6.61 Å². The number of aliphatic hydroxyl groups is 1. The largest absolute Gasteiger partial charge is 0.428 e. The van der Waals surface area contributed by atoms with Crippen molar-refractivity contribution in [3.05, 3.63) is 23.5 Å². The number of esters is 1. The summed E-state index contributed by atoms with van der Waals surface area (Å²) in [4.78, 5) is 11.4. The van der Waals surface area contributed by atoms with Crippen molar-refractivity contribution in [3.63, 3.8) is 0 Å². The van der Waals surface area contributed by atoms with E-state index >= 15 is 0 Å². The summed E-state index contributed by atoms with van der Waals surface area (Å²) in [6.45, 7) is 1.52. The van der Waals surface area contributed by atoms with E-state index in [4.69, 9.17) is 9.84 Å². The Morgan fingerprint density at radius 1 is 1.64 bits per heavy atom. The summed E-state index contributed by atoms with van der Waals surface area (Å²) in [7, 11) is 0. The smallest absolute Gasteiger partial charge is 0.338 e. The van der Waals surface area contributed by atoms with Gasteiger partial charge >= 0.3 is 5.97 Å². The summed E-state index contributed by atoms with van der Waals surface area (Å²) in [5.41, 5.74) is 0.457. The van der Waals surface area contributed by atoms with Crippen LogP contribution in [0.1, 0.15) is 32.6 Å². The topological polar surface area (TPSA) is 46.5 Å². The lowest BCUT2D eigenvalue weighted by molar-refractivity contribution is -0.135. The molecule has 0 aromatic heterocycles. The van der Waals surface area contributed by atoms with E-state index in [9.17, 15) is 4.79 Å². The number of hydrogen-bond acceptors (Lipinski definition) is 3. The third kappa shape index (κ3) is 3.34. The van der Waals surface area contributed by atoms with Crippen LogP contribution in [0.3, 0.4) is 0 Å². The molecule has 14 heavy (non-hydrogen) atoms. The monoisotopic (exact) mass is 196 g/mol. The molecule has 0 bridgehead atoms. The summed E-state index contributed by atoms with van der Waals surface area (Å²) < 4.78 is 5.15. The number of rotatable bonds is 3. The molecule has 3 nitrogen and oxygen atoms in total. The summed E-state index contributed by atoms with van der Waals surface area (Å²) in [6.07, 6.45) is 7.51. The van der Waals surface area contributed by atoms with E-state index in [-0.39, 0.29) is 12.6 Å². The van der Waals surface area contributed by atoms with Crippen LogP contribution in [0.25, 0.3) is 0 Å². The maximum atomic E-state index is 11.4. The Balaban J connectivity index is 2.47. The zero-order chi connectivity index (χ0) is 10.4. The first kappa shape index (κ1) is 11.0. The average molecular weight is 196 g/mol.